The Bertz CT molecular complexity index is 423. The van der Waals surface area contributed by atoms with Crippen molar-refractivity contribution in [3.8, 4) is 11.8 Å². The lowest BCUT2D eigenvalue weighted by Gasteiger charge is -2.07. The maximum atomic E-state index is 11.8. The third-order valence-corrected chi connectivity index (χ3v) is 2.72. The van der Waals surface area contributed by atoms with Crippen molar-refractivity contribution in [2.24, 2.45) is 5.92 Å². The lowest BCUT2D eigenvalue weighted by Crippen LogP contribution is -2.09. The fraction of sp³-hybridized carbons (Fsp3) is 0.273. The fourth-order valence-corrected chi connectivity index (χ4v) is 1.55. The molecule has 0 spiro atoms. The van der Waals surface area contributed by atoms with E-state index in [0.29, 0.717) is 15.8 Å². The van der Waals surface area contributed by atoms with Crippen LogP contribution in [0.15, 0.2) is 22.7 Å². The topological polar surface area (TPSA) is 50.1 Å². The van der Waals surface area contributed by atoms with E-state index in [-0.39, 0.29) is 5.78 Å². The Labute approximate surface area is 96.8 Å². The Balaban J connectivity index is 3.13. The van der Waals surface area contributed by atoms with E-state index in [0.717, 1.165) is 0 Å². The molecule has 0 aliphatic heterocycles. The van der Waals surface area contributed by atoms with Gasteiger partial charge in [0, 0.05) is 10.0 Å². The van der Waals surface area contributed by atoms with Gasteiger partial charge in [-0.1, -0.05) is 15.9 Å². The van der Waals surface area contributed by atoms with Crippen molar-refractivity contribution in [1.82, 2.24) is 0 Å². The molecule has 0 aliphatic rings. The number of carbonyl (C=O) groups excluding carboxylic acids is 1. The normalized spacial score (nSPS) is 11.6. The van der Waals surface area contributed by atoms with E-state index in [1.807, 2.05) is 6.07 Å². The summed E-state index contributed by atoms with van der Waals surface area (Å²) >= 11 is 3.27. The number of methoxy groups -OCH3 is 1. The van der Waals surface area contributed by atoms with Crippen LogP contribution in [0.1, 0.15) is 17.3 Å². The van der Waals surface area contributed by atoms with Crippen molar-refractivity contribution in [2.75, 3.05) is 7.11 Å². The van der Waals surface area contributed by atoms with E-state index in [2.05, 4.69) is 15.9 Å². The van der Waals surface area contributed by atoms with Gasteiger partial charge in [-0.3, -0.25) is 4.79 Å². The van der Waals surface area contributed by atoms with Gasteiger partial charge in [0.2, 0.25) is 0 Å². The van der Waals surface area contributed by atoms with E-state index in [4.69, 9.17) is 10.00 Å². The maximum Gasteiger partial charge on any atom is 0.180 e. The number of rotatable bonds is 3. The summed E-state index contributed by atoms with van der Waals surface area (Å²) < 4.78 is 5.69. The minimum absolute atomic E-state index is 0.205. The largest absolute Gasteiger partial charge is 0.497 e. The Morgan fingerprint density at radius 2 is 2.27 bits per heavy atom. The van der Waals surface area contributed by atoms with Gasteiger partial charge in [0.15, 0.2) is 5.78 Å². The monoisotopic (exact) mass is 267 g/mol. The van der Waals surface area contributed by atoms with Crippen molar-refractivity contribution in [2.45, 2.75) is 6.92 Å². The molecule has 0 aliphatic carbocycles. The number of nitriles is 1. The van der Waals surface area contributed by atoms with Gasteiger partial charge in [0.1, 0.15) is 11.7 Å². The molecule has 78 valence electrons. The molecule has 0 aromatic heterocycles. The maximum absolute atomic E-state index is 11.8. The standard InChI is InChI=1S/C11H10BrNO2/c1-7(6-13)11(14)9-5-8(15-2)3-4-10(9)12/h3-5,7H,1-2H3. The second-order valence-corrected chi connectivity index (χ2v) is 3.92. The van der Waals surface area contributed by atoms with Gasteiger partial charge in [-0.25, -0.2) is 0 Å². The number of halogens is 1. The fourth-order valence-electron chi connectivity index (χ4n) is 1.11. The van der Waals surface area contributed by atoms with E-state index in [1.165, 1.54) is 7.11 Å². The van der Waals surface area contributed by atoms with Crippen LogP contribution in [0.25, 0.3) is 0 Å². The van der Waals surface area contributed by atoms with Crippen LogP contribution in [0.5, 0.6) is 5.75 Å². The molecule has 0 radical (unpaired) electrons. The second kappa shape index (κ2) is 4.94. The molecule has 0 bridgehead atoms. The van der Waals surface area contributed by atoms with Crippen LogP contribution >= 0.6 is 15.9 Å². The average Bonchev–Trinajstić information content (AvgIpc) is 2.27. The van der Waals surface area contributed by atoms with Gasteiger partial charge in [-0.15, -0.1) is 0 Å². The van der Waals surface area contributed by atoms with Crippen LogP contribution in [0.4, 0.5) is 0 Å². The molecular weight excluding hydrogens is 258 g/mol. The summed E-state index contributed by atoms with van der Waals surface area (Å²) in [5, 5.41) is 8.67. The number of hydrogen-bond acceptors (Lipinski definition) is 3. The Kier molecular flexibility index (Phi) is 3.87. The molecule has 0 amide bonds. The van der Waals surface area contributed by atoms with Crippen LogP contribution in [-0.4, -0.2) is 12.9 Å². The predicted octanol–water partition coefficient (Wildman–Crippen LogP) is 2.80. The number of ether oxygens (including phenoxy) is 1. The first-order valence-corrected chi connectivity index (χ1v) is 5.16. The Morgan fingerprint density at radius 1 is 1.60 bits per heavy atom. The van der Waals surface area contributed by atoms with Gasteiger partial charge < -0.3 is 4.74 Å². The zero-order chi connectivity index (χ0) is 11.4. The SMILES string of the molecule is COc1ccc(Br)c(C(=O)C(C)C#N)c1. The molecule has 1 atom stereocenters. The van der Waals surface area contributed by atoms with Crippen molar-refractivity contribution in [1.29, 1.82) is 5.26 Å². The van der Waals surface area contributed by atoms with Gasteiger partial charge in [0.05, 0.1) is 13.2 Å². The lowest BCUT2D eigenvalue weighted by molar-refractivity contribution is 0.0955. The third kappa shape index (κ3) is 2.57. The summed E-state index contributed by atoms with van der Waals surface area (Å²) in [5.41, 5.74) is 0.475. The van der Waals surface area contributed by atoms with Crippen LogP contribution in [0, 0.1) is 17.2 Å². The summed E-state index contributed by atoms with van der Waals surface area (Å²) in [6.45, 7) is 1.58. The van der Waals surface area contributed by atoms with E-state index >= 15 is 0 Å². The van der Waals surface area contributed by atoms with Gasteiger partial charge in [0.25, 0.3) is 0 Å². The van der Waals surface area contributed by atoms with Crippen molar-refractivity contribution >= 4 is 21.7 Å². The van der Waals surface area contributed by atoms with Gasteiger partial charge >= 0.3 is 0 Å². The summed E-state index contributed by atoms with van der Waals surface area (Å²) in [6, 6.07) is 7.02. The number of carbonyl (C=O) groups is 1. The van der Waals surface area contributed by atoms with Crippen LogP contribution < -0.4 is 4.74 Å². The molecule has 4 heteroatoms. The molecule has 3 nitrogen and oxygen atoms in total. The first kappa shape index (κ1) is 11.7. The molecule has 0 N–H and O–H groups in total. The van der Waals surface area contributed by atoms with Crippen molar-refractivity contribution < 1.29 is 9.53 Å². The van der Waals surface area contributed by atoms with E-state index in [1.54, 1.807) is 25.1 Å². The molecular formula is C11H10BrNO2. The number of benzene rings is 1. The molecule has 0 saturated carbocycles. The molecule has 1 aromatic carbocycles. The highest BCUT2D eigenvalue weighted by Crippen LogP contribution is 2.24. The Morgan fingerprint density at radius 3 is 2.80 bits per heavy atom. The Hall–Kier alpha value is -1.34. The molecule has 0 fully saturated rings. The van der Waals surface area contributed by atoms with Crippen LogP contribution in [-0.2, 0) is 0 Å². The molecule has 1 aromatic rings. The minimum Gasteiger partial charge on any atom is -0.497 e. The summed E-state index contributed by atoms with van der Waals surface area (Å²) in [4.78, 5) is 11.8. The summed E-state index contributed by atoms with van der Waals surface area (Å²) in [7, 11) is 1.53. The van der Waals surface area contributed by atoms with Crippen molar-refractivity contribution in [3.05, 3.63) is 28.2 Å². The first-order valence-electron chi connectivity index (χ1n) is 4.37. The smallest absolute Gasteiger partial charge is 0.180 e. The zero-order valence-electron chi connectivity index (χ0n) is 8.45. The number of Topliss-reactive ketones (excluding diaryl/α,β-unsaturated/α-hetero) is 1. The highest BCUT2D eigenvalue weighted by molar-refractivity contribution is 9.10. The third-order valence-electron chi connectivity index (χ3n) is 2.03. The summed E-state index contributed by atoms with van der Waals surface area (Å²) in [6.07, 6.45) is 0. The van der Waals surface area contributed by atoms with Crippen LogP contribution in [0.3, 0.4) is 0 Å². The predicted molar refractivity (Wildman–Crippen MR) is 59.8 cm³/mol. The molecule has 0 saturated heterocycles. The molecule has 15 heavy (non-hydrogen) atoms. The quantitative estimate of drug-likeness (QED) is 0.792. The molecule has 1 unspecified atom stereocenters. The second-order valence-electron chi connectivity index (χ2n) is 3.06. The van der Waals surface area contributed by atoms with E-state index < -0.39 is 5.92 Å². The highest BCUT2D eigenvalue weighted by atomic mass is 79.9. The number of hydrogen-bond donors (Lipinski definition) is 0. The number of nitrogens with zero attached hydrogens (tertiary/aromatic N) is 1. The summed E-state index contributed by atoms with van der Waals surface area (Å²) in [5.74, 6) is -0.247. The molecule has 0 heterocycles. The highest BCUT2D eigenvalue weighted by Gasteiger charge is 2.17. The average molecular weight is 268 g/mol. The number of ketones is 1. The van der Waals surface area contributed by atoms with Crippen molar-refractivity contribution in [3.63, 3.8) is 0 Å². The molecule has 1 rings (SSSR count). The van der Waals surface area contributed by atoms with Crippen LogP contribution in [0.2, 0.25) is 0 Å². The van der Waals surface area contributed by atoms with E-state index in [9.17, 15) is 4.79 Å². The lowest BCUT2D eigenvalue weighted by atomic mass is 10.0. The minimum atomic E-state index is -0.645. The van der Waals surface area contributed by atoms with Gasteiger partial charge in [-0.05, 0) is 25.1 Å². The zero-order valence-corrected chi connectivity index (χ0v) is 10.0. The van der Waals surface area contributed by atoms with Gasteiger partial charge in [-0.2, -0.15) is 5.26 Å². The first-order chi connectivity index (χ1) is 7.10.